The van der Waals surface area contributed by atoms with Crippen molar-refractivity contribution in [2.45, 2.75) is 77.6 Å². The summed E-state index contributed by atoms with van der Waals surface area (Å²) in [5, 5.41) is 11.0. The fraction of sp³-hybridized carbons (Fsp3) is 0.783. The summed E-state index contributed by atoms with van der Waals surface area (Å²) in [4.78, 5) is 13.5. The zero-order chi connectivity index (χ0) is 23.8. The van der Waals surface area contributed by atoms with Crippen LogP contribution in [0, 0.1) is 17.8 Å². The van der Waals surface area contributed by atoms with Crippen LogP contribution in [0.5, 0.6) is 0 Å². The van der Waals surface area contributed by atoms with Crippen LogP contribution in [0.25, 0.3) is 0 Å². The molecule has 1 aromatic rings. The first-order valence-corrected chi connectivity index (χ1v) is 15.8. The quantitative estimate of drug-likeness (QED) is 0.234. The summed E-state index contributed by atoms with van der Waals surface area (Å²) >= 11 is 11.0. The van der Waals surface area contributed by atoms with Crippen LogP contribution in [0.1, 0.15) is 61.5 Å². The van der Waals surface area contributed by atoms with Crippen LogP contribution < -0.4 is 0 Å². The maximum Gasteiger partial charge on any atom is 0.348 e. The topological polar surface area (TPSA) is 55.8 Å². The highest BCUT2D eigenvalue weighted by atomic mass is 35.5. The fourth-order valence-corrected chi connectivity index (χ4v) is 5.90. The molecule has 0 spiro atoms. The minimum atomic E-state index is -1.77. The number of methoxy groups -OCH3 is 1. The molecule has 0 amide bonds. The Hall–Kier alpha value is -0.113. The molecule has 1 N–H and O–H groups in total. The molecule has 1 saturated carbocycles. The number of alkyl halides is 2. The monoisotopic (exact) mass is 510 g/mol. The Bertz CT molecular complexity index is 675. The van der Waals surface area contributed by atoms with Gasteiger partial charge in [-0.25, -0.2) is 4.79 Å². The maximum absolute atomic E-state index is 11.6. The molecule has 4 atom stereocenters. The molecule has 0 aliphatic heterocycles. The smallest absolute Gasteiger partial charge is 0.348 e. The molecule has 1 aromatic heterocycles. The van der Waals surface area contributed by atoms with Crippen molar-refractivity contribution in [3.8, 4) is 0 Å². The third-order valence-corrected chi connectivity index (χ3v) is 12.5. The van der Waals surface area contributed by atoms with Crippen molar-refractivity contribution in [3.63, 3.8) is 0 Å². The standard InChI is InChI=1S/C22H38O4SSi.CH2Cl2/c1-15-13-19(23)17(18(15)14-26-28(6,7)22(2,3)4)10-8-9-16-11-12-20(27-16)21(24)25-5;2-1-3/h11-12,15,17-19,23H,8-10,13-14H2,1-7H3;1H2/t15-,17?,18+,19+;/m1./s1. The molecule has 0 aromatic carbocycles. The number of carbonyl (C=O) groups excluding carboxylic acids is 1. The molecule has 31 heavy (non-hydrogen) atoms. The molecule has 2 rings (SSSR count). The number of aliphatic hydroxyl groups is 1. The predicted molar refractivity (Wildman–Crippen MR) is 135 cm³/mol. The highest BCUT2D eigenvalue weighted by Crippen LogP contribution is 2.43. The van der Waals surface area contributed by atoms with Gasteiger partial charge in [-0.1, -0.05) is 27.7 Å². The van der Waals surface area contributed by atoms with Gasteiger partial charge in [0.05, 0.1) is 18.6 Å². The summed E-state index contributed by atoms with van der Waals surface area (Å²) in [6.07, 6.45) is 3.61. The molecule has 8 heteroatoms. The van der Waals surface area contributed by atoms with Crippen molar-refractivity contribution in [3.05, 3.63) is 21.9 Å². The van der Waals surface area contributed by atoms with Crippen LogP contribution in [0.4, 0.5) is 0 Å². The highest BCUT2D eigenvalue weighted by Gasteiger charge is 2.43. The van der Waals surface area contributed by atoms with E-state index >= 15 is 0 Å². The summed E-state index contributed by atoms with van der Waals surface area (Å²) in [5.74, 6) is 0.967. The van der Waals surface area contributed by atoms with Gasteiger partial charge in [-0.15, -0.1) is 34.5 Å². The Balaban J connectivity index is 0.00000151. The molecular formula is C23H40Cl2O4SSi. The number of esters is 1. The van der Waals surface area contributed by atoms with Crippen LogP contribution in [0.2, 0.25) is 18.1 Å². The van der Waals surface area contributed by atoms with E-state index in [0.717, 1.165) is 32.3 Å². The summed E-state index contributed by atoms with van der Waals surface area (Å²) in [7, 11) is -0.360. The third kappa shape index (κ3) is 8.63. The lowest BCUT2D eigenvalue weighted by Gasteiger charge is -2.38. The van der Waals surface area contributed by atoms with E-state index in [9.17, 15) is 9.90 Å². The van der Waals surface area contributed by atoms with E-state index in [1.54, 1.807) is 0 Å². The number of aliphatic hydroxyl groups excluding tert-OH is 1. The van der Waals surface area contributed by atoms with Crippen molar-refractivity contribution in [2.24, 2.45) is 17.8 Å². The zero-order valence-corrected chi connectivity index (χ0v) is 23.4. The Morgan fingerprint density at radius 3 is 2.42 bits per heavy atom. The number of hydrogen-bond donors (Lipinski definition) is 1. The summed E-state index contributed by atoms with van der Waals surface area (Å²) in [5.41, 5.74) is 0. The third-order valence-electron chi connectivity index (χ3n) is 6.84. The van der Waals surface area contributed by atoms with Gasteiger partial charge in [-0.2, -0.15) is 0 Å². The van der Waals surface area contributed by atoms with Gasteiger partial charge in [0.15, 0.2) is 8.32 Å². The van der Waals surface area contributed by atoms with Gasteiger partial charge in [-0.3, -0.25) is 0 Å². The Labute approximate surface area is 203 Å². The van der Waals surface area contributed by atoms with Gasteiger partial charge in [0.1, 0.15) is 4.88 Å². The van der Waals surface area contributed by atoms with E-state index in [1.807, 2.05) is 12.1 Å². The first kappa shape index (κ1) is 28.9. The largest absolute Gasteiger partial charge is 0.465 e. The molecule has 1 aliphatic rings. The Kier molecular flexibility index (Phi) is 12.1. The number of rotatable bonds is 8. The van der Waals surface area contributed by atoms with Gasteiger partial charge in [-0.05, 0) is 73.7 Å². The van der Waals surface area contributed by atoms with Gasteiger partial charge in [0, 0.05) is 11.5 Å². The van der Waals surface area contributed by atoms with E-state index in [1.165, 1.54) is 23.3 Å². The number of halogens is 2. The fourth-order valence-electron chi connectivity index (χ4n) is 3.89. The molecule has 0 radical (unpaired) electrons. The molecule has 180 valence electrons. The maximum atomic E-state index is 11.6. The molecule has 1 heterocycles. The first-order valence-electron chi connectivity index (χ1n) is 11.0. The summed E-state index contributed by atoms with van der Waals surface area (Å²) in [6.45, 7) is 14.4. The summed E-state index contributed by atoms with van der Waals surface area (Å²) < 4.78 is 11.3. The van der Waals surface area contributed by atoms with Crippen LogP contribution in [-0.2, 0) is 15.6 Å². The SMILES string of the molecule is COC(=O)c1ccc(CCCC2[C@@H](CO[Si](C)(C)C(C)(C)C)[C@H](C)C[C@@H]2O)s1.ClCCl. The molecule has 0 saturated heterocycles. The molecule has 1 unspecified atom stereocenters. The summed E-state index contributed by atoms with van der Waals surface area (Å²) in [6, 6.07) is 3.86. The van der Waals surface area contributed by atoms with Crippen LogP contribution in [0.15, 0.2) is 12.1 Å². The van der Waals surface area contributed by atoms with Crippen molar-refractivity contribution in [2.75, 3.05) is 19.1 Å². The van der Waals surface area contributed by atoms with E-state index < -0.39 is 8.32 Å². The second kappa shape index (κ2) is 12.9. The first-order chi connectivity index (χ1) is 14.4. The van der Waals surface area contributed by atoms with Crippen molar-refractivity contribution >= 4 is 48.8 Å². The predicted octanol–water partition coefficient (Wildman–Crippen LogP) is 6.93. The number of thiophene rings is 1. The van der Waals surface area contributed by atoms with Crippen LogP contribution >= 0.6 is 34.5 Å². The Morgan fingerprint density at radius 1 is 1.26 bits per heavy atom. The van der Waals surface area contributed by atoms with Crippen LogP contribution in [0.3, 0.4) is 0 Å². The average molecular weight is 512 g/mol. The molecule has 4 nitrogen and oxygen atoms in total. The van der Waals surface area contributed by atoms with Crippen molar-refractivity contribution < 1.29 is 19.1 Å². The lowest BCUT2D eigenvalue weighted by atomic mass is 9.87. The van der Waals surface area contributed by atoms with Gasteiger partial charge >= 0.3 is 5.97 Å². The van der Waals surface area contributed by atoms with Crippen molar-refractivity contribution in [1.29, 1.82) is 0 Å². The second-order valence-corrected chi connectivity index (χ2v) is 16.7. The van der Waals surface area contributed by atoms with E-state index in [2.05, 4.69) is 40.8 Å². The number of carbonyl (C=O) groups is 1. The lowest BCUT2D eigenvalue weighted by Crippen LogP contribution is -2.43. The number of aryl methyl sites for hydroxylation is 1. The molecule has 1 aliphatic carbocycles. The lowest BCUT2D eigenvalue weighted by molar-refractivity contribution is 0.0606. The van der Waals surface area contributed by atoms with E-state index in [-0.39, 0.29) is 22.5 Å². The van der Waals surface area contributed by atoms with E-state index in [0.29, 0.717) is 22.6 Å². The molecule has 0 bridgehead atoms. The minimum Gasteiger partial charge on any atom is -0.465 e. The van der Waals surface area contributed by atoms with E-state index in [4.69, 9.17) is 32.4 Å². The van der Waals surface area contributed by atoms with Gasteiger partial charge in [0.2, 0.25) is 0 Å². The van der Waals surface area contributed by atoms with Gasteiger partial charge in [0.25, 0.3) is 0 Å². The number of ether oxygens (including phenoxy) is 1. The van der Waals surface area contributed by atoms with Gasteiger partial charge < -0.3 is 14.3 Å². The minimum absolute atomic E-state index is 0.194. The van der Waals surface area contributed by atoms with Crippen molar-refractivity contribution in [1.82, 2.24) is 0 Å². The van der Waals surface area contributed by atoms with Crippen LogP contribution in [-0.4, -0.2) is 44.6 Å². The number of hydrogen-bond acceptors (Lipinski definition) is 5. The second-order valence-electron chi connectivity index (χ2n) is 9.93. The molecular weight excluding hydrogens is 471 g/mol. The molecule has 1 fully saturated rings. The normalized spacial score (nSPS) is 23.9. The highest BCUT2D eigenvalue weighted by molar-refractivity contribution is 7.13. The Morgan fingerprint density at radius 2 is 1.87 bits per heavy atom. The average Bonchev–Trinajstić information content (AvgIpc) is 3.24. The zero-order valence-electron chi connectivity index (χ0n) is 20.0.